The highest BCUT2D eigenvalue weighted by atomic mass is 16.6. The van der Waals surface area contributed by atoms with Crippen LogP contribution in [0.25, 0.3) is 6.08 Å². The summed E-state index contributed by atoms with van der Waals surface area (Å²) in [4.78, 5) is 45.2. The van der Waals surface area contributed by atoms with Crippen molar-refractivity contribution in [2.75, 3.05) is 20.1 Å². The number of fused-ring (bicyclic) bond motifs is 2. The summed E-state index contributed by atoms with van der Waals surface area (Å²) in [5.41, 5.74) is 0.858. The number of aromatic hydroxyl groups is 1. The molecule has 5 unspecified atom stereocenters. The van der Waals surface area contributed by atoms with Gasteiger partial charge in [0.05, 0.1) is 11.2 Å². The SMILES string of the molecule is CC(C)=CCCC1(C)C=Cc2c(O)c3c(c(CC=C(C)C)c2O1)OC12C(=CC4CC1C(C)(C)OC2(C/C=C(/C)C(=O)N(C)CCNCc1ccccc1)C4=O)C3=O. The van der Waals surface area contributed by atoms with E-state index in [4.69, 9.17) is 14.2 Å². The Labute approximate surface area is 337 Å². The summed E-state index contributed by atoms with van der Waals surface area (Å²) in [5.74, 6) is -1.10. The van der Waals surface area contributed by atoms with E-state index in [1.807, 2.05) is 65.0 Å². The molecule has 5 atom stereocenters. The number of hydrogen-bond donors (Lipinski definition) is 2. The van der Waals surface area contributed by atoms with E-state index in [0.29, 0.717) is 66.9 Å². The first-order valence-corrected chi connectivity index (χ1v) is 20.4. The van der Waals surface area contributed by atoms with E-state index in [-0.39, 0.29) is 46.9 Å². The topological polar surface area (TPSA) is 114 Å². The van der Waals surface area contributed by atoms with Gasteiger partial charge in [-0.2, -0.15) is 0 Å². The fourth-order valence-corrected chi connectivity index (χ4v) is 9.65. The number of rotatable bonds is 13. The van der Waals surface area contributed by atoms with Gasteiger partial charge in [-0.15, -0.1) is 0 Å². The highest BCUT2D eigenvalue weighted by molar-refractivity contribution is 6.19. The molecule has 2 aromatic carbocycles. The molecule has 8 rings (SSSR count). The molecule has 3 heterocycles. The van der Waals surface area contributed by atoms with Gasteiger partial charge in [0.15, 0.2) is 22.8 Å². The van der Waals surface area contributed by atoms with Crippen molar-refractivity contribution in [1.82, 2.24) is 10.2 Å². The van der Waals surface area contributed by atoms with Gasteiger partial charge in [-0.25, -0.2) is 0 Å². The van der Waals surface area contributed by atoms with E-state index < -0.39 is 28.3 Å². The third-order valence-electron chi connectivity index (χ3n) is 12.6. The number of carbonyl (C=O) groups is 3. The number of ketones is 2. The molecular weight excluding hydrogens is 717 g/mol. The summed E-state index contributed by atoms with van der Waals surface area (Å²) in [7, 11) is 1.77. The molecule has 0 aromatic heterocycles. The summed E-state index contributed by atoms with van der Waals surface area (Å²) in [6.45, 7) is 17.7. The zero-order valence-corrected chi connectivity index (χ0v) is 35.0. The number of nitrogens with one attached hydrogen (secondary N) is 1. The first-order chi connectivity index (χ1) is 26.9. The van der Waals surface area contributed by atoms with E-state index in [0.717, 1.165) is 12.0 Å². The summed E-state index contributed by atoms with van der Waals surface area (Å²) >= 11 is 0. The molecule has 2 aromatic rings. The Hall–Kier alpha value is -4.73. The fourth-order valence-electron chi connectivity index (χ4n) is 9.65. The standard InChI is InChI=1S/C48H58N2O7/c1-29(2)14-13-21-46(8)22-20-34-39(51)38-40(52)36-26-33-27-37-45(6,7)57-47(43(33)53,48(36,37)56-42(38)35(41(34)55-46)18-17-30(3)4)23-19-31(5)44(54)50(9)25-24-49-28-32-15-11-10-12-16-32/h10-12,14-17,19-20,22,26,33,37,49,51H,13,18,21,23-25,27-28H2,1-9H3/b31-19-. The maximum absolute atomic E-state index is 15.1. The molecule has 1 spiro atoms. The van der Waals surface area contributed by atoms with Crippen molar-refractivity contribution in [1.29, 1.82) is 0 Å². The number of carbonyl (C=O) groups excluding carboxylic acids is 3. The Morgan fingerprint density at radius 3 is 2.40 bits per heavy atom. The minimum absolute atomic E-state index is 0.0434. The Morgan fingerprint density at radius 1 is 0.982 bits per heavy atom. The van der Waals surface area contributed by atoms with Crippen molar-refractivity contribution >= 4 is 23.5 Å². The van der Waals surface area contributed by atoms with E-state index in [1.165, 1.54) is 11.1 Å². The molecule has 57 heavy (non-hydrogen) atoms. The Balaban J connectivity index is 1.26. The minimum atomic E-state index is -1.59. The first kappa shape index (κ1) is 40.5. The molecule has 6 aliphatic rings. The maximum atomic E-state index is 15.1. The largest absolute Gasteiger partial charge is 0.506 e. The zero-order chi connectivity index (χ0) is 41.1. The van der Waals surface area contributed by atoms with Crippen LogP contribution in [0, 0.1) is 11.8 Å². The third kappa shape index (κ3) is 6.80. The normalized spacial score (nSPS) is 27.4. The number of nitrogens with zero attached hydrogens (tertiary/aromatic N) is 1. The van der Waals surface area contributed by atoms with Crippen molar-refractivity contribution in [3.63, 3.8) is 0 Å². The molecule has 9 heteroatoms. The molecule has 3 aliphatic carbocycles. The number of amides is 1. The van der Waals surface area contributed by atoms with Gasteiger partial charge in [0.2, 0.25) is 5.91 Å². The average molecular weight is 775 g/mol. The molecule has 3 aliphatic heterocycles. The number of allylic oxidation sites excluding steroid dienone is 5. The molecular formula is C48H58N2O7. The van der Waals surface area contributed by atoms with Crippen LogP contribution in [0.3, 0.4) is 0 Å². The molecule has 1 amide bonds. The number of likely N-dealkylation sites (N-methyl/N-ethyl adjacent to an activating group) is 1. The second-order valence-electron chi connectivity index (χ2n) is 17.8. The van der Waals surface area contributed by atoms with E-state index in [1.54, 1.807) is 31.0 Å². The Morgan fingerprint density at radius 2 is 1.70 bits per heavy atom. The van der Waals surface area contributed by atoms with Crippen LogP contribution in [0.2, 0.25) is 0 Å². The van der Waals surface area contributed by atoms with Crippen molar-refractivity contribution in [3.05, 3.63) is 105 Å². The van der Waals surface area contributed by atoms with E-state index in [9.17, 15) is 14.7 Å². The first-order valence-electron chi connectivity index (χ1n) is 20.4. The number of phenolic OH excluding ortho intramolecular Hbond substituents is 1. The summed E-state index contributed by atoms with van der Waals surface area (Å²) in [6.07, 6.45) is 14.0. The lowest BCUT2D eigenvalue weighted by Gasteiger charge is -2.56. The quantitative estimate of drug-likeness (QED) is 0.119. The number of hydrogen-bond acceptors (Lipinski definition) is 8. The highest BCUT2D eigenvalue weighted by Crippen LogP contribution is 2.68. The van der Waals surface area contributed by atoms with Gasteiger partial charge in [0.25, 0.3) is 0 Å². The molecule has 9 nitrogen and oxygen atoms in total. The zero-order valence-electron chi connectivity index (χ0n) is 35.0. The van der Waals surface area contributed by atoms with Gasteiger partial charge in [-0.05, 0) is 98.8 Å². The second-order valence-corrected chi connectivity index (χ2v) is 17.8. The van der Waals surface area contributed by atoms with E-state index in [2.05, 4.69) is 43.4 Å². The van der Waals surface area contributed by atoms with Crippen molar-refractivity contribution in [2.24, 2.45) is 11.8 Å². The van der Waals surface area contributed by atoms with Crippen molar-refractivity contribution < 1.29 is 33.7 Å². The van der Waals surface area contributed by atoms with Crippen LogP contribution in [-0.4, -0.2) is 70.0 Å². The number of Topliss-reactive ketones (excluding diaryl/α,β-unsaturated/α-hetero) is 2. The lowest BCUT2D eigenvalue weighted by atomic mass is 9.51. The summed E-state index contributed by atoms with van der Waals surface area (Å²) < 4.78 is 21.1. The molecule has 1 saturated carbocycles. The second kappa shape index (κ2) is 14.9. The third-order valence-corrected chi connectivity index (χ3v) is 12.6. The van der Waals surface area contributed by atoms with Crippen LogP contribution < -0.4 is 14.8 Å². The average Bonchev–Trinajstić information content (AvgIpc) is 3.31. The van der Waals surface area contributed by atoms with Gasteiger partial charge >= 0.3 is 0 Å². The monoisotopic (exact) mass is 774 g/mol. The van der Waals surface area contributed by atoms with Crippen LogP contribution in [0.5, 0.6) is 17.2 Å². The van der Waals surface area contributed by atoms with Crippen molar-refractivity contribution in [2.45, 2.75) is 116 Å². The Kier molecular flexibility index (Phi) is 10.6. The number of benzene rings is 2. The van der Waals surface area contributed by atoms with Crippen molar-refractivity contribution in [3.8, 4) is 17.2 Å². The smallest absolute Gasteiger partial charge is 0.248 e. The molecule has 1 saturated heterocycles. The Bertz CT molecular complexity index is 2150. The molecule has 0 radical (unpaired) electrons. The highest BCUT2D eigenvalue weighted by Gasteiger charge is 2.81. The van der Waals surface area contributed by atoms with Gasteiger partial charge in [0, 0.05) is 61.6 Å². The van der Waals surface area contributed by atoms with Gasteiger partial charge in [-0.3, -0.25) is 14.4 Å². The molecule has 2 N–H and O–H groups in total. The van der Waals surface area contributed by atoms with Crippen LogP contribution in [0.15, 0.2) is 83.0 Å². The number of phenols is 1. The molecule has 302 valence electrons. The fraction of sp³-hybridized carbons (Fsp3) is 0.479. The lowest BCUT2D eigenvalue weighted by Crippen LogP contribution is -2.72. The maximum Gasteiger partial charge on any atom is 0.248 e. The van der Waals surface area contributed by atoms with Crippen LogP contribution >= 0.6 is 0 Å². The number of ether oxygens (including phenoxy) is 3. The van der Waals surface area contributed by atoms with Crippen LogP contribution in [-0.2, 0) is 27.3 Å². The predicted molar refractivity (Wildman–Crippen MR) is 222 cm³/mol. The van der Waals surface area contributed by atoms with Crippen LogP contribution in [0.1, 0.15) is 108 Å². The molecule has 4 bridgehead atoms. The van der Waals surface area contributed by atoms with Gasteiger partial charge in [0.1, 0.15) is 28.4 Å². The van der Waals surface area contributed by atoms with Crippen LogP contribution in [0.4, 0.5) is 0 Å². The molecule has 2 fully saturated rings. The minimum Gasteiger partial charge on any atom is -0.506 e. The van der Waals surface area contributed by atoms with Gasteiger partial charge in [-0.1, -0.05) is 65.8 Å². The predicted octanol–water partition coefficient (Wildman–Crippen LogP) is 8.40. The summed E-state index contributed by atoms with van der Waals surface area (Å²) in [5, 5.41) is 15.4. The van der Waals surface area contributed by atoms with Gasteiger partial charge < -0.3 is 29.5 Å². The lowest BCUT2D eigenvalue weighted by molar-refractivity contribution is -0.171. The van der Waals surface area contributed by atoms with E-state index >= 15 is 4.79 Å². The summed E-state index contributed by atoms with van der Waals surface area (Å²) in [6, 6.07) is 10.1.